The average molecular weight is 296 g/mol. The summed E-state index contributed by atoms with van der Waals surface area (Å²) in [7, 11) is 0. The van der Waals surface area contributed by atoms with Crippen molar-refractivity contribution >= 4 is 17.6 Å². The van der Waals surface area contributed by atoms with Crippen LogP contribution in [-0.2, 0) is 4.79 Å². The molecule has 2 heterocycles. The van der Waals surface area contributed by atoms with Gasteiger partial charge in [0.15, 0.2) is 5.67 Å². The topological polar surface area (TPSA) is 69.6 Å². The van der Waals surface area contributed by atoms with Crippen LogP contribution in [0.3, 0.4) is 0 Å². The number of carboxylic acids is 1. The summed E-state index contributed by atoms with van der Waals surface area (Å²) in [6.45, 7) is 0.867. The van der Waals surface area contributed by atoms with Crippen LogP contribution in [0.4, 0.5) is 14.5 Å². The summed E-state index contributed by atoms with van der Waals surface area (Å²) in [6, 6.07) is 3.26. The lowest BCUT2D eigenvalue weighted by Gasteiger charge is -2.29. The van der Waals surface area contributed by atoms with Crippen molar-refractivity contribution in [1.82, 2.24) is 5.32 Å². The van der Waals surface area contributed by atoms with E-state index in [-0.39, 0.29) is 24.2 Å². The van der Waals surface area contributed by atoms with Crippen molar-refractivity contribution in [2.75, 3.05) is 24.5 Å². The van der Waals surface area contributed by atoms with Crippen LogP contribution in [0.1, 0.15) is 16.8 Å². The molecule has 2 aliphatic heterocycles. The number of hydrogen-bond donors (Lipinski definition) is 2. The summed E-state index contributed by atoms with van der Waals surface area (Å²) in [5.41, 5.74) is -2.24. The first-order valence-electron chi connectivity index (χ1n) is 6.68. The molecule has 0 radical (unpaired) electrons. The van der Waals surface area contributed by atoms with Gasteiger partial charge in [-0.3, -0.25) is 4.79 Å². The van der Waals surface area contributed by atoms with Gasteiger partial charge in [-0.25, -0.2) is 13.6 Å². The van der Waals surface area contributed by atoms with Crippen LogP contribution in [0.15, 0.2) is 18.2 Å². The first-order valence-corrected chi connectivity index (χ1v) is 6.68. The number of fused-ring (bicyclic) bond motifs is 1. The minimum Gasteiger partial charge on any atom is -0.478 e. The molecule has 1 aromatic carbocycles. The number of halogens is 2. The molecule has 2 saturated heterocycles. The zero-order valence-electron chi connectivity index (χ0n) is 11.1. The lowest BCUT2D eigenvalue weighted by Crippen LogP contribution is -2.49. The lowest BCUT2D eigenvalue weighted by molar-refractivity contribution is -0.130. The maximum absolute atomic E-state index is 14.8. The molecule has 112 valence electrons. The summed E-state index contributed by atoms with van der Waals surface area (Å²) in [4.78, 5) is 24.1. The average Bonchev–Trinajstić information content (AvgIpc) is 2.71. The molecule has 0 aromatic heterocycles. The standard InChI is InChI=1S/C14H14F2N2O3/c15-10-5-8(12(19)20)1-2-11(10)18-7-9-6-17-4-3-14(9,16)13(18)21/h1-2,5,9,17H,3-4,6-7H2,(H,19,20)/t9-,14+/m1/s1. The fourth-order valence-electron chi connectivity index (χ4n) is 3.00. The Hall–Kier alpha value is -2.02. The second-order valence-corrected chi connectivity index (χ2v) is 5.40. The van der Waals surface area contributed by atoms with Crippen LogP contribution in [0.25, 0.3) is 0 Å². The van der Waals surface area contributed by atoms with Crippen molar-refractivity contribution in [3.63, 3.8) is 0 Å². The van der Waals surface area contributed by atoms with Crippen molar-refractivity contribution in [3.05, 3.63) is 29.6 Å². The van der Waals surface area contributed by atoms with Crippen molar-refractivity contribution in [2.24, 2.45) is 5.92 Å². The number of amides is 1. The highest BCUT2D eigenvalue weighted by Crippen LogP contribution is 2.40. The summed E-state index contributed by atoms with van der Waals surface area (Å²) in [5, 5.41) is 11.8. The van der Waals surface area contributed by atoms with Gasteiger partial charge in [0.25, 0.3) is 5.91 Å². The second-order valence-electron chi connectivity index (χ2n) is 5.40. The number of aromatic carboxylic acids is 1. The molecule has 2 fully saturated rings. The number of anilines is 1. The first kappa shape index (κ1) is 13.9. The smallest absolute Gasteiger partial charge is 0.335 e. The van der Waals surface area contributed by atoms with E-state index >= 15 is 0 Å². The molecule has 2 atom stereocenters. The zero-order valence-corrected chi connectivity index (χ0v) is 11.1. The predicted octanol–water partition coefficient (Wildman–Crippen LogP) is 1.19. The van der Waals surface area contributed by atoms with E-state index in [2.05, 4.69) is 5.32 Å². The molecule has 2 aliphatic rings. The van der Waals surface area contributed by atoms with E-state index in [0.717, 1.165) is 11.0 Å². The Kier molecular flexibility index (Phi) is 3.16. The minimum atomic E-state index is -1.96. The number of piperidine rings is 1. The number of nitrogens with one attached hydrogen (secondary N) is 1. The fourth-order valence-corrected chi connectivity index (χ4v) is 3.00. The maximum Gasteiger partial charge on any atom is 0.335 e. The van der Waals surface area contributed by atoms with Crippen molar-refractivity contribution < 1.29 is 23.5 Å². The number of benzene rings is 1. The Morgan fingerprint density at radius 1 is 1.48 bits per heavy atom. The molecular formula is C14H14F2N2O3. The van der Waals surface area contributed by atoms with Gasteiger partial charge in [-0.15, -0.1) is 0 Å². The third kappa shape index (κ3) is 2.08. The highest BCUT2D eigenvalue weighted by atomic mass is 19.1. The van der Waals surface area contributed by atoms with Crippen molar-refractivity contribution in [3.8, 4) is 0 Å². The van der Waals surface area contributed by atoms with Gasteiger partial charge < -0.3 is 15.3 Å². The molecule has 21 heavy (non-hydrogen) atoms. The quantitative estimate of drug-likeness (QED) is 0.860. The van der Waals surface area contributed by atoms with Gasteiger partial charge in [0.2, 0.25) is 0 Å². The molecule has 5 nitrogen and oxygen atoms in total. The fraction of sp³-hybridized carbons (Fsp3) is 0.429. The minimum absolute atomic E-state index is 0.0713. The molecule has 0 bridgehead atoms. The molecular weight excluding hydrogens is 282 g/mol. The van der Waals surface area contributed by atoms with Crippen LogP contribution in [-0.4, -0.2) is 42.3 Å². The van der Waals surface area contributed by atoms with E-state index in [1.807, 2.05) is 0 Å². The van der Waals surface area contributed by atoms with Gasteiger partial charge in [0, 0.05) is 25.4 Å². The molecule has 1 amide bonds. The number of carbonyl (C=O) groups excluding carboxylic acids is 1. The number of hydrogen-bond acceptors (Lipinski definition) is 3. The Morgan fingerprint density at radius 2 is 2.24 bits per heavy atom. The van der Waals surface area contributed by atoms with Gasteiger partial charge in [-0.1, -0.05) is 0 Å². The first-order chi connectivity index (χ1) is 9.93. The van der Waals surface area contributed by atoms with E-state index in [1.165, 1.54) is 12.1 Å². The third-order valence-corrected chi connectivity index (χ3v) is 4.19. The van der Waals surface area contributed by atoms with Crippen LogP contribution >= 0.6 is 0 Å². The van der Waals surface area contributed by atoms with Crippen molar-refractivity contribution in [2.45, 2.75) is 12.1 Å². The number of alkyl halides is 1. The van der Waals surface area contributed by atoms with Crippen molar-refractivity contribution in [1.29, 1.82) is 0 Å². The number of carbonyl (C=O) groups is 2. The van der Waals surface area contributed by atoms with Crippen LogP contribution in [0, 0.1) is 11.7 Å². The summed E-state index contributed by atoms with van der Waals surface area (Å²) >= 11 is 0. The predicted molar refractivity (Wildman–Crippen MR) is 70.5 cm³/mol. The third-order valence-electron chi connectivity index (χ3n) is 4.19. The molecule has 0 unspecified atom stereocenters. The van der Waals surface area contributed by atoms with E-state index < -0.39 is 29.3 Å². The van der Waals surface area contributed by atoms with Gasteiger partial charge in [-0.2, -0.15) is 0 Å². The van der Waals surface area contributed by atoms with E-state index in [4.69, 9.17) is 5.11 Å². The van der Waals surface area contributed by atoms with Crippen LogP contribution in [0.2, 0.25) is 0 Å². The van der Waals surface area contributed by atoms with Crippen LogP contribution < -0.4 is 10.2 Å². The molecule has 7 heteroatoms. The Bertz CT molecular complexity index is 622. The Morgan fingerprint density at radius 3 is 2.86 bits per heavy atom. The largest absolute Gasteiger partial charge is 0.478 e. The Labute approximate surface area is 119 Å². The number of rotatable bonds is 2. The summed E-state index contributed by atoms with van der Waals surface area (Å²) in [6.07, 6.45) is 0.0713. The molecule has 1 aromatic rings. The zero-order chi connectivity index (χ0) is 15.2. The molecule has 0 aliphatic carbocycles. The maximum atomic E-state index is 14.8. The SMILES string of the molecule is O=C(O)c1ccc(N2C[C@H]3CNCC[C@@]3(F)C2=O)c(F)c1. The van der Waals surface area contributed by atoms with Gasteiger partial charge in [0.1, 0.15) is 5.82 Å². The van der Waals surface area contributed by atoms with Crippen LogP contribution in [0.5, 0.6) is 0 Å². The molecule has 0 spiro atoms. The van der Waals surface area contributed by atoms with Gasteiger partial charge >= 0.3 is 5.97 Å². The summed E-state index contributed by atoms with van der Waals surface area (Å²) in [5.74, 6) is -3.35. The molecule has 2 N–H and O–H groups in total. The highest BCUT2D eigenvalue weighted by Gasteiger charge is 2.56. The monoisotopic (exact) mass is 296 g/mol. The Balaban J connectivity index is 1.95. The van der Waals surface area contributed by atoms with Gasteiger partial charge in [0.05, 0.1) is 11.3 Å². The lowest BCUT2D eigenvalue weighted by atomic mass is 9.86. The molecule has 3 rings (SSSR count). The normalized spacial score (nSPS) is 28.6. The van der Waals surface area contributed by atoms with Gasteiger partial charge in [-0.05, 0) is 24.7 Å². The van der Waals surface area contributed by atoms with E-state index in [1.54, 1.807) is 0 Å². The number of nitrogens with zero attached hydrogens (tertiary/aromatic N) is 1. The number of carboxylic acid groups (broad SMARTS) is 1. The van der Waals surface area contributed by atoms with E-state index in [9.17, 15) is 18.4 Å². The highest BCUT2D eigenvalue weighted by molar-refractivity contribution is 6.02. The molecule has 0 saturated carbocycles. The second kappa shape index (κ2) is 4.77. The summed E-state index contributed by atoms with van der Waals surface area (Å²) < 4.78 is 28.8. The van der Waals surface area contributed by atoms with E-state index in [0.29, 0.717) is 13.1 Å².